The molecular weight excluding hydrogens is 366 g/mol. The van der Waals surface area contributed by atoms with E-state index < -0.39 is 0 Å². The Morgan fingerprint density at radius 2 is 1.89 bits per heavy atom. The molecule has 0 saturated heterocycles. The Kier molecular flexibility index (Phi) is 7.95. The largest absolute Gasteiger partial charge is 0.296 e. The molecule has 0 fully saturated rings. The van der Waals surface area contributed by atoms with Crippen molar-refractivity contribution in [2.45, 2.75) is 32.6 Å². The molecule has 27 heavy (non-hydrogen) atoms. The zero-order valence-corrected chi connectivity index (χ0v) is 15.9. The Hall–Kier alpha value is -2.73. The second kappa shape index (κ2) is 10.4. The Bertz CT molecular complexity index is 876. The molecule has 0 atom stereocenters. The highest BCUT2D eigenvalue weighted by Crippen LogP contribution is 2.12. The molecule has 0 radical (unpaired) electrons. The second-order valence-electron chi connectivity index (χ2n) is 6.09. The Morgan fingerprint density at radius 1 is 1.19 bits per heavy atom. The third-order valence-electron chi connectivity index (χ3n) is 3.89. The summed E-state index contributed by atoms with van der Waals surface area (Å²) in [6.45, 7) is 1.32. The van der Waals surface area contributed by atoms with Crippen molar-refractivity contribution in [3.63, 3.8) is 0 Å². The molecule has 0 spiro atoms. The minimum atomic E-state index is -0.347. The van der Waals surface area contributed by atoms with E-state index >= 15 is 0 Å². The lowest BCUT2D eigenvalue weighted by Crippen LogP contribution is -2.21. The Balaban J connectivity index is 2.14. The van der Waals surface area contributed by atoms with Gasteiger partial charge in [-0.3, -0.25) is 24.7 Å². The number of halogens is 1. The van der Waals surface area contributed by atoms with Crippen molar-refractivity contribution in [2.75, 3.05) is 11.2 Å². The van der Waals surface area contributed by atoms with Gasteiger partial charge in [0.15, 0.2) is 5.78 Å². The van der Waals surface area contributed by atoms with Crippen LogP contribution < -0.4 is 10.9 Å². The average Bonchev–Trinajstić information content (AvgIpc) is 2.64. The van der Waals surface area contributed by atoms with Crippen LogP contribution in [-0.2, 0) is 22.4 Å². The standard InChI is InChI=1S/C20H22ClN3O3/c1-14(25)22-20-23-18(12-11-16(26)13-21)17(19(27)24-20)10-6-5-9-15-7-3-2-4-8-15/h2-4,7-8,11-12H,5-6,9-10,13H2,1H3,(H2,22,23,24,25,27)/b12-11-. The van der Waals surface area contributed by atoms with Gasteiger partial charge < -0.3 is 0 Å². The molecule has 0 aliphatic carbocycles. The van der Waals surface area contributed by atoms with Crippen molar-refractivity contribution in [3.05, 3.63) is 63.6 Å². The monoisotopic (exact) mass is 387 g/mol. The lowest BCUT2D eigenvalue weighted by molar-refractivity contribution is -0.114. The van der Waals surface area contributed by atoms with Crippen molar-refractivity contribution in [1.82, 2.24) is 9.97 Å². The predicted octanol–water partition coefficient (Wildman–Crippen LogP) is 3.11. The van der Waals surface area contributed by atoms with E-state index in [9.17, 15) is 14.4 Å². The van der Waals surface area contributed by atoms with Crippen LogP contribution in [0, 0.1) is 0 Å². The number of aryl methyl sites for hydroxylation is 1. The van der Waals surface area contributed by atoms with E-state index in [0.29, 0.717) is 17.7 Å². The predicted molar refractivity (Wildman–Crippen MR) is 107 cm³/mol. The summed E-state index contributed by atoms with van der Waals surface area (Å²) in [5, 5.41) is 2.45. The zero-order valence-electron chi connectivity index (χ0n) is 15.1. The number of rotatable bonds is 9. The molecule has 142 valence electrons. The Labute approximate surface area is 162 Å². The molecule has 1 amide bonds. The van der Waals surface area contributed by atoms with E-state index in [1.54, 1.807) is 0 Å². The molecule has 2 aromatic rings. The summed E-state index contributed by atoms with van der Waals surface area (Å²) in [6, 6.07) is 10.1. The second-order valence-corrected chi connectivity index (χ2v) is 6.35. The summed E-state index contributed by atoms with van der Waals surface area (Å²) < 4.78 is 0. The van der Waals surface area contributed by atoms with E-state index in [2.05, 4.69) is 27.4 Å². The van der Waals surface area contributed by atoms with Crippen molar-refractivity contribution in [3.8, 4) is 0 Å². The molecule has 7 heteroatoms. The first-order chi connectivity index (χ1) is 13.0. The van der Waals surface area contributed by atoms with E-state index in [-0.39, 0.29) is 29.1 Å². The van der Waals surface area contributed by atoms with Crippen molar-refractivity contribution in [2.24, 2.45) is 0 Å². The first-order valence-electron chi connectivity index (χ1n) is 8.71. The van der Waals surface area contributed by atoms with Crippen LogP contribution in [0.2, 0.25) is 0 Å². The fraction of sp³-hybridized carbons (Fsp3) is 0.300. The number of allylic oxidation sites excluding steroid dienone is 1. The number of alkyl halides is 1. The average molecular weight is 388 g/mol. The number of nitrogens with one attached hydrogen (secondary N) is 2. The number of hydrogen-bond acceptors (Lipinski definition) is 4. The zero-order chi connectivity index (χ0) is 19.6. The van der Waals surface area contributed by atoms with Gasteiger partial charge in [0.05, 0.1) is 11.6 Å². The summed E-state index contributed by atoms with van der Waals surface area (Å²) in [4.78, 5) is 41.9. The van der Waals surface area contributed by atoms with Crippen LogP contribution >= 0.6 is 11.6 Å². The fourth-order valence-corrected chi connectivity index (χ4v) is 2.70. The van der Waals surface area contributed by atoms with E-state index in [1.165, 1.54) is 24.6 Å². The minimum Gasteiger partial charge on any atom is -0.296 e. The SMILES string of the molecule is CC(=O)Nc1nc(/C=C\C(=O)CCl)c(CCCCc2ccccc2)c(=O)[nH]1. The van der Waals surface area contributed by atoms with Crippen LogP contribution in [0.15, 0.2) is 41.2 Å². The van der Waals surface area contributed by atoms with E-state index in [4.69, 9.17) is 11.6 Å². The lowest BCUT2D eigenvalue weighted by atomic mass is 10.0. The molecule has 0 unspecified atom stereocenters. The maximum atomic E-state index is 12.4. The third-order valence-corrected chi connectivity index (χ3v) is 4.15. The van der Waals surface area contributed by atoms with Crippen molar-refractivity contribution in [1.29, 1.82) is 0 Å². The number of H-pyrrole nitrogens is 1. The topological polar surface area (TPSA) is 91.9 Å². The molecule has 0 aliphatic heterocycles. The van der Waals surface area contributed by atoms with Crippen LogP contribution in [0.3, 0.4) is 0 Å². The quantitative estimate of drug-likeness (QED) is 0.393. The summed E-state index contributed by atoms with van der Waals surface area (Å²) in [6.07, 6.45) is 5.91. The van der Waals surface area contributed by atoms with Gasteiger partial charge in [-0.2, -0.15) is 0 Å². The molecule has 0 saturated carbocycles. The smallest absolute Gasteiger partial charge is 0.256 e. The van der Waals surface area contributed by atoms with Gasteiger partial charge in [-0.1, -0.05) is 30.3 Å². The third kappa shape index (κ3) is 6.83. The van der Waals surface area contributed by atoms with Crippen LogP contribution in [-0.4, -0.2) is 27.5 Å². The number of aromatic amines is 1. The van der Waals surface area contributed by atoms with Gasteiger partial charge in [0.2, 0.25) is 11.9 Å². The highest BCUT2D eigenvalue weighted by molar-refractivity contribution is 6.29. The van der Waals surface area contributed by atoms with Gasteiger partial charge in [0.25, 0.3) is 5.56 Å². The van der Waals surface area contributed by atoms with Gasteiger partial charge in [-0.25, -0.2) is 4.98 Å². The number of carbonyl (C=O) groups excluding carboxylic acids is 2. The number of nitrogens with zero attached hydrogens (tertiary/aromatic N) is 1. The van der Waals surface area contributed by atoms with Gasteiger partial charge in [0.1, 0.15) is 0 Å². The number of benzene rings is 1. The molecule has 2 N–H and O–H groups in total. The molecule has 1 aromatic carbocycles. The van der Waals surface area contributed by atoms with Gasteiger partial charge >= 0.3 is 0 Å². The summed E-state index contributed by atoms with van der Waals surface area (Å²) in [5.41, 5.74) is 1.77. The van der Waals surface area contributed by atoms with Gasteiger partial charge in [0, 0.05) is 12.5 Å². The molecule has 6 nitrogen and oxygen atoms in total. The number of amides is 1. The molecule has 0 bridgehead atoms. The van der Waals surface area contributed by atoms with Gasteiger partial charge in [-0.15, -0.1) is 11.6 Å². The van der Waals surface area contributed by atoms with E-state index in [0.717, 1.165) is 19.3 Å². The molecule has 2 rings (SSSR count). The highest BCUT2D eigenvalue weighted by Gasteiger charge is 2.11. The minimum absolute atomic E-state index is 0.0542. The number of hydrogen-bond donors (Lipinski definition) is 2. The normalized spacial score (nSPS) is 10.9. The maximum absolute atomic E-state index is 12.4. The van der Waals surface area contributed by atoms with Crippen molar-refractivity contribution < 1.29 is 9.59 Å². The number of carbonyl (C=O) groups is 2. The summed E-state index contributed by atoms with van der Waals surface area (Å²) in [5.74, 6) is -0.723. The number of ketones is 1. The molecule has 1 aromatic heterocycles. The fourth-order valence-electron chi connectivity index (χ4n) is 2.61. The van der Waals surface area contributed by atoms with Crippen LogP contribution in [0.25, 0.3) is 6.08 Å². The molecule has 0 aliphatic rings. The van der Waals surface area contributed by atoms with Crippen LogP contribution in [0.4, 0.5) is 5.95 Å². The van der Waals surface area contributed by atoms with Crippen LogP contribution in [0.1, 0.15) is 36.6 Å². The first kappa shape index (κ1) is 20.6. The highest BCUT2D eigenvalue weighted by atomic mass is 35.5. The first-order valence-corrected chi connectivity index (χ1v) is 9.24. The number of aromatic nitrogens is 2. The van der Waals surface area contributed by atoms with Crippen LogP contribution in [0.5, 0.6) is 0 Å². The maximum Gasteiger partial charge on any atom is 0.256 e. The van der Waals surface area contributed by atoms with Crippen molar-refractivity contribution >= 4 is 35.3 Å². The molecule has 1 heterocycles. The summed E-state index contributed by atoms with van der Waals surface area (Å²) >= 11 is 5.50. The number of anilines is 1. The molecular formula is C20H22ClN3O3. The van der Waals surface area contributed by atoms with E-state index in [1.807, 2.05) is 18.2 Å². The Morgan fingerprint density at radius 3 is 2.56 bits per heavy atom. The van der Waals surface area contributed by atoms with Gasteiger partial charge in [-0.05, 0) is 43.4 Å². The number of unbranched alkanes of at least 4 members (excludes halogenated alkanes) is 1. The summed E-state index contributed by atoms with van der Waals surface area (Å²) in [7, 11) is 0. The lowest BCUT2D eigenvalue weighted by Gasteiger charge is -2.08.